The maximum absolute atomic E-state index is 4.03. The Morgan fingerprint density at radius 2 is 2.12 bits per heavy atom. The number of benzene rings is 1. The molecule has 0 spiro atoms. The van der Waals surface area contributed by atoms with Crippen LogP contribution >= 0.6 is 0 Å². The molecule has 1 heteroatoms. The molecule has 0 aliphatic rings. The Balaban J connectivity index is 3.22. The van der Waals surface area contributed by atoms with E-state index in [0.29, 0.717) is 0 Å². The van der Waals surface area contributed by atoms with Crippen LogP contribution in [0.5, 0.6) is 0 Å². The average molecular weight is 227 g/mol. The highest BCUT2D eigenvalue weighted by Crippen LogP contribution is 2.23. The first kappa shape index (κ1) is 13.3. The van der Waals surface area contributed by atoms with Gasteiger partial charge in [-0.2, -0.15) is 0 Å². The van der Waals surface area contributed by atoms with Crippen molar-refractivity contribution in [2.45, 2.75) is 13.8 Å². The van der Waals surface area contributed by atoms with Crippen LogP contribution in [0.15, 0.2) is 37.6 Å². The molecule has 0 heterocycles. The Labute approximate surface area is 105 Å². The van der Waals surface area contributed by atoms with Crippen molar-refractivity contribution in [3.05, 3.63) is 54.2 Å². The standard InChI is InChI=1S/C16H21N/c1-6-14-9-8-10-15(13(3)4)16(14)11-12-17(5)7-2/h6,8-12H,1,3,7H2,2,4-5H3/b12-11-. The predicted octanol–water partition coefficient (Wildman–Crippen LogP) is 4.29. The molecular weight excluding hydrogens is 206 g/mol. The smallest absolute Gasteiger partial charge is 0.0140 e. The lowest BCUT2D eigenvalue weighted by Gasteiger charge is -2.12. The molecule has 0 fully saturated rings. The fourth-order valence-corrected chi connectivity index (χ4v) is 1.63. The Morgan fingerprint density at radius 1 is 1.41 bits per heavy atom. The summed E-state index contributed by atoms with van der Waals surface area (Å²) in [7, 11) is 2.06. The Hall–Kier alpha value is -1.76. The monoisotopic (exact) mass is 227 g/mol. The van der Waals surface area contributed by atoms with E-state index in [2.05, 4.69) is 56.4 Å². The van der Waals surface area contributed by atoms with Crippen molar-refractivity contribution in [1.29, 1.82) is 0 Å². The first-order chi connectivity index (χ1) is 8.10. The summed E-state index contributed by atoms with van der Waals surface area (Å²) in [5.74, 6) is 0. The third-order valence-electron chi connectivity index (χ3n) is 2.81. The highest BCUT2D eigenvalue weighted by atomic mass is 15.1. The lowest BCUT2D eigenvalue weighted by atomic mass is 9.96. The van der Waals surface area contributed by atoms with E-state index in [1.54, 1.807) is 0 Å². The van der Waals surface area contributed by atoms with E-state index in [1.807, 2.05) is 19.1 Å². The molecule has 1 aromatic rings. The van der Waals surface area contributed by atoms with Gasteiger partial charge in [0.1, 0.15) is 0 Å². The maximum Gasteiger partial charge on any atom is 0.0140 e. The summed E-state index contributed by atoms with van der Waals surface area (Å²) in [6, 6.07) is 6.22. The molecule has 0 amide bonds. The van der Waals surface area contributed by atoms with Crippen molar-refractivity contribution in [1.82, 2.24) is 4.90 Å². The van der Waals surface area contributed by atoms with Gasteiger partial charge in [-0.1, -0.05) is 43.0 Å². The van der Waals surface area contributed by atoms with E-state index in [-0.39, 0.29) is 0 Å². The quantitative estimate of drug-likeness (QED) is 0.725. The number of rotatable bonds is 5. The highest BCUT2D eigenvalue weighted by molar-refractivity contribution is 5.77. The fraction of sp³-hybridized carbons (Fsp3) is 0.250. The minimum Gasteiger partial charge on any atom is -0.381 e. The fourth-order valence-electron chi connectivity index (χ4n) is 1.63. The van der Waals surface area contributed by atoms with Crippen LogP contribution in [-0.4, -0.2) is 18.5 Å². The molecule has 1 aromatic carbocycles. The Kier molecular flexibility index (Phi) is 4.77. The van der Waals surface area contributed by atoms with Gasteiger partial charge in [0.15, 0.2) is 0 Å². The van der Waals surface area contributed by atoms with Crippen LogP contribution in [0.3, 0.4) is 0 Å². The second-order valence-electron chi connectivity index (χ2n) is 4.18. The first-order valence-electron chi connectivity index (χ1n) is 5.90. The molecule has 17 heavy (non-hydrogen) atoms. The summed E-state index contributed by atoms with van der Waals surface area (Å²) in [6.45, 7) is 13.0. The van der Waals surface area contributed by atoms with Gasteiger partial charge in [-0.25, -0.2) is 0 Å². The molecule has 0 N–H and O–H groups in total. The van der Waals surface area contributed by atoms with Gasteiger partial charge < -0.3 is 4.90 Å². The normalized spacial score (nSPS) is 10.5. The largest absolute Gasteiger partial charge is 0.381 e. The van der Waals surface area contributed by atoms with Crippen LogP contribution in [0.25, 0.3) is 17.7 Å². The maximum atomic E-state index is 4.03. The van der Waals surface area contributed by atoms with E-state index in [0.717, 1.165) is 17.7 Å². The third kappa shape index (κ3) is 3.35. The molecule has 0 atom stereocenters. The summed E-state index contributed by atoms with van der Waals surface area (Å²) in [4.78, 5) is 2.14. The van der Waals surface area contributed by atoms with Gasteiger partial charge in [-0.05, 0) is 42.8 Å². The molecule has 90 valence electrons. The molecule has 0 saturated carbocycles. The molecule has 1 nitrogen and oxygen atoms in total. The minimum atomic E-state index is 0.995. The minimum absolute atomic E-state index is 0.995. The summed E-state index contributed by atoms with van der Waals surface area (Å²) < 4.78 is 0. The molecule has 0 radical (unpaired) electrons. The SMILES string of the molecule is C=Cc1cccc(C(=C)C)c1/C=C\N(C)CC. The Bertz CT molecular complexity index is 441. The van der Waals surface area contributed by atoms with Gasteiger partial charge in [-0.15, -0.1) is 0 Å². The van der Waals surface area contributed by atoms with Gasteiger partial charge in [-0.3, -0.25) is 0 Å². The first-order valence-corrected chi connectivity index (χ1v) is 5.90. The summed E-state index contributed by atoms with van der Waals surface area (Å²) in [5, 5.41) is 0. The summed E-state index contributed by atoms with van der Waals surface area (Å²) >= 11 is 0. The second kappa shape index (κ2) is 6.09. The van der Waals surface area contributed by atoms with E-state index >= 15 is 0 Å². The van der Waals surface area contributed by atoms with Crippen molar-refractivity contribution in [3.8, 4) is 0 Å². The molecule has 0 bridgehead atoms. The number of allylic oxidation sites excluding steroid dienone is 1. The molecular formula is C16H21N. The zero-order valence-corrected chi connectivity index (χ0v) is 11.0. The van der Waals surface area contributed by atoms with Gasteiger partial charge in [0.05, 0.1) is 0 Å². The molecule has 0 aliphatic heterocycles. The number of hydrogen-bond donors (Lipinski definition) is 0. The van der Waals surface area contributed by atoms with E-state index in [4.69, 9.17) is 0 Å². The topological polar surface area (TPSA) is 3.24 Å². The molecule has 0 aliphatic carbocycles. The lowest BCUT2D eigenvalue weighted by Crippen LogP contribution is -2.08. The van der Waals surface area contributed by atoms with Crippen LogP contribution in [-0.2, 0) is 0 Å². The molecule has 1 rings (SSSR count). The number of hydrogen-bond acceptors (Lipinski definition) is 1. The molecule has 0 unspecified atom stereocenters. The van der Waals surface area contributed by atoms with Gasteiger partial charge in [0, 0.05) is 13.6 Å². The van der Waals surface area contributed by atoms with Crippen LogP contribution < -0.4 is 0 Å². The average Bonchev–Trinajstić information content (AvgIpc) is 2.35. The zero-order valence-electron chi connectivity index (χ0n) is 11.0. The van der Waals surface area contributed by atoms with Crippen molar-refractivity contribution in [3.63, 3.8) is 0 Å². The highest BCUT2D eigenvalue weighted by Gasteiger charge is 2.03. The van der Waals surface area contributed by atoms with Crippen LogP contribution in [0.2, 0.25) is 0 Å². The van der Waals surface area contributed by atoms with Crippen molar-refractivity contribution < 1.29 is 0 Å². The third-order valence-corrected chi connectivity index (χ3v) is 2.81. The van der Waals surface area contributed by atoms with Crippen LogP contribution in [0, 0.1) is 0 Å². The summed E-state index contributed by atoms with van der Waals surface area (Å²) in [6.07, 6.45) is 6.11. The number of nitrogens with zero attached hydrogens (tertiary/aromatic N) is 1. The van der Waals surface area contributed by atoms with E-state index < -0.39 is 0 Å². The zero-order chi connectivity index (χ0) is 12.8. The summed E-state index contributed by atoms with van der Waals surface area (Å²) in [5.41, 5.74) is 4.59. The lowest BCUT2D eigenvalue weighted by molar-refractivity contribution is 0.487. The molecule has 0 aromatic heterocycles. The van der Waals surface area contributed by atoms with Crippen LogP contribution in [0.1, 0.15) is 30.5 Å². The van der Waals surface area contributed by atoms with Crippen molar-refractivity contribution in [2.24, 2.45) is 0 Å². The van der Waals surface area contributed by atoms with E-state index in [9.17, 15) is 0 Å². The van der Waals surface area contributed by atoms with Gasteiger partial charge in [0.2, 0.25) is 0 Å². The van der Waals surface area contributed by atoms with Crippen LogP contribution in [0.4, 0.5) is 0 Å². The predicted molar refractivity (Wildman–Crippen MR) is 78.6 cm³/mol. The Morgan fingerprint density at radius 3 is 2.65 bits per heavy atom. The van der Waals surface area contributed by atoms with Crippen molar-refractivity contribution >= 4 is 17.7 Å². The molecule has 0 saturated heterocycles. The van der Waals surface area contributed by atoms with Gasteiger partial charge >= 0.3 is 0 Å². The van der Waals surface area contributed by atoms with Crippen molar-refractivity contribution in [2.75, 3.05) is 13.6 Å². The van der Waals surface area contributed by atoms with Gasteiger partial charge in [0.25, 0.3) is 0 Å². The van der Waals surface area contributed by atoms with E-state index in [1.165, 1.54) is 11.1 Å². The second-order valence-corrected chi connectivity index (χ2v) is 4.18.